The van der Waals surface area contributed by atoms with Crippen LogP contribution in [0.15, 0.2) is 66.9 Å². The Labute approximate surface area is 212 Å². The number of nitrogens with zero attached hydrogens (tertiary/aromatic N) is 5. The van der Waals surface area contributed by atoms with Gasteiger partial charge in [-0.3, -0.25) is 9.48 Å². The molecule has 5 rings (SSSR count). The average molecular weight is 505 g/mol. The zero-order valence-corrected chi connectivity index (χ0v) is 20.7. The van der Waals surface area contributed by atoms with E-state index in [-0.39, 0.29) is 12.5 Å². The van der Waals surface area contributed by atoms with E-state index < -0.39 is 0 Å². The van der Waals surface area contributed by atoms with Crippen molar-refractivity contribution in [2.45, 2.75) is 26.9 Å². The van der Waals surface area contributed by atoms with Gasteiger partial charge in [-0.15, -0.1) is 0 Å². The fraction of sp³-hybridized carbons (Fsp3) is 0.154. The Morgan fingerprint density at radius 1 is 0.943 bits per heavy atom. The number of amides is 1. The number of benzene rings is 2. The van der Waals surface area contributed by atoms with Gasteiger partial charge in [0.2, 0.25) is 5.91 Å². The third-order valence-corrected chi connectivity index (χ3v) is 6.49. The molecular weight excluding hydrogens is 483 g/mol. The maximum absolute atomic E-state index is 12.9. The summed E-state index contributed by atoms with van der Waals surface area (Å²) in [6.45, 7) is 4.39. The van der Waals surface area contributed by atoms with Crippen LogP contribution in [-0.4, -0.2) is 30.5 Å². The number of aromatic nitrogens is 5. The molecule has 0 aliphatic rings. The monoisotopic (exact) mass is 504 g/mol. The number of hydrogen-bond acceptors (Lipinski definition) is 4. The number of halogens is 2. The Bertz CT molecular complexity index is 1540. The Kier molecular flexibility index (Phi) is 6.28. The molecule has 3 aromatic heterocycles. The topological polar surface area (TPSA) is 77.6 Å². The summed E-state index contributed by atoms with van der Waals surface area (Å²) >= 11 is 12.1. The van der Waals surface area contributed by atoms with Crippen molar-refractivity contribution in [3.05, 3.63) is 93.9 Å². The lowest BCUT2D eigenvalue weighted by Gasteiger charge is -2.06. The fourth-order valence-electron chi connectivity index (χ4n) is 4.11. The maximum atomic E-state index is 12.9. The van der Waals surface area contributed by atoms with Gasteiger partial charge in [0, 0.05) is 23.3 Å². The first-order chi connectivity index (χ1) is 16.9. The second kappa shape index (κ2) is 9.52. The van der Waals surface area contributed by atoms with Crippen LogP contribution in [0.4, 0.5) is 5.82 Å². The van der Waals surface area contributed by atoms with Crippen LogP contribution in [0.1, 0.15) is 17.0 Å². The molecule has 0 saturated carbocycles. The molecule has 0 aliphatic heterocycles. The number of carbonyl (C=O) groups excluding carboxylic acids is 1. The number of fused-ring (bicyclic) bond motifs is 1. The molecule has 35 heavy (non-hydrogen) atoms. The van der Waals surface area contributed by atoms with Crippen LogP contribution in [0, 0.1) is 13.8 Å². The number of hydrogen-bond donors (Lipinski definition) is 1. The van der Waals surface area contributed by atoms with E-state index in [1.165, 1.54) is 0 Å². The lowest BCUT2D eigenvalue weighted by Crippen LogP contribution is -2.20. The van der Waals surface area contributed by atoms with Crippen LogP contribution in [0.2, 0.25) is 10.0 Å². The number of carbonyl (C=O) groups is 1. The molecule has 2 aromatic carbocycles. The molecule has 0 atom stereocenters. The Balaban J connectivity index is 1.34. The number of nitrogens with one attached hydrogen (secondary N) is 1. The Morgan fingerprint density at radius 3 is 2.51 bits per heavy atom. The number of pyridine rings is 1. The van der Waals surface area contributed by atoms with E-state index in [1.807, 2.05) is 56.3 Å². The van der Waals surface area contributed by atoms with Gasteiger partial charge in [0.05, 0.1) is 22.3 Å². The maximum Gasteiger partial charge on any atom is 0.247 e. The molecule has 3 heterocycles. The van der Waals surface area contributed by atoms with E-state index in [0.29, 0.717) is 28.1 Å². The summed E-state index contributed by atoms with van der Waals surface area (Å²) < 4.78 is 3.43. The van der Waals surface area contributed by atoms with Gasteiger partial charge < -0.3 is 5.32 Å². The minimum atomic E-state index is -0.236. The van der Waals surface area contributed by atoms with Crippen molar-refractivity contribution in [2.75, 3.05) is 5.32 Å². The van der Waals surface area contributed by atoms with Crippen molar-refractivity contribution < 1.29 is 4.79 Å². The van der Waals surface area contributed by atoms with Crippen LogP contribution in [0.3, 0.4) is 0 Å². The highest BCUT2D eigenvalue weighted by Gasteiger charge is 2.17. The molecule has 0 saturated heterocycles. The highest BCUT2D eigenvalue weighted by atomic mass is 35.5. The van der Waals surface area contributed by atoms with E-state index in [1.54, 1.807) is 21.6 Å². The second-order valence-electron chi connectivity index (χ2n) is 8.29. The van der Waals surface area contributed by atoms with Gasteiger partial charge in [0.25, 0.3) is 0 Å². The first kappa shape index (κ1) is 23.1. The second-order valence-corrected chi connectivity index (χ2v) is 9.11. The van der Waals surface area contributed by atoms with E-state index >= 15 is 0 Å². The minimum Gasteiger partial charge on any atom is -0.308 e. The van der Waals surface area contributed by atoms with E-state index in [9.17, 15) is 4.79 Å². The van der Waals surface area contributed by atoms with Crippen molar-refractivity contribution in [1.29, 1.82) is 0 Å². The molecule has 0 unspecified atom stereocenters. The minimum absolute atomic E-state index is 0.0221. The van der Waals surface area contributed by atoms with E-state index in [0.717, 1.165) is 33.5 Å². The third kappa shape index (κ3) is 4.78. The van der Waals surface area contributed by atoms with Gasteiger partial charge in [-0.1, -0.05) is 59.6 Å². The van der Waals surface area contributed by atoms with Crippen molar-refractivity contribution in [2.24, 2.45) is 0 Å². The number of anilines is 1. The van der Waals surface area contributed by atoms with Crippen LogP contribution < -0.4 is 5.32 Å². The summed E-state index contributed by atoms with van der Waals surface area (Å²) in [5, 5.41) is 13.9. The first-order valence-corrected chi connectivity index (χ1v) is 11.8. The van der Waals surface area contributed by atoms with Gasteiger partial charge in [0.1, 0.15) is 6.54 Å². The Morgan fingerprint density at radius 2 is 1.74 bits per heavy atom. The lowest BCUT2D eigenvalue weighted by atomic mass is 10.0. The third-order valence-electron chi connectivity index (χ3n) is 5.75. The first-order valence-electron chi connectivity index (χ1n) is 11.0. The zero-order valence-electron chi connectivity index (χ0n) is 19.2. The summed E-state index contributed by atoms with van der Waals surface area (Å²) in [6, 6.07) is 19.3. The standard InChI is InChI=1S/C26H22Cl2N6O/c1-16-12-23(32-33(16)14-18-8-9-21(27)22(28)13-18)30-24(35)15-34-26-25(17(2)31-34)20(10-11-29-26)19-6-4-3-5-7-19/h3-13H,14-15H2,1-2H3,(H,30,32,35). The van der Waals surface area contributed by atoms with Crippen molar-refractivity contribution >= 4 is 46.0 Å². The summed E-state index contributed by atoms with van der Waals surface area (Å²) in [6.07, 6.45) is 1.74. The van der Waals surface area contributed by atoms with Crippen molar-refractivity contribution in [3.63, 3.8) is 0 Å². The normalized spacial score (nSPS) is 11.2. The molecule has 9 heteroatoms. The lowest BCUT2D eigenvalue weighted by molar-refractivity contribution is -0.116. The van der Waals surface area contributed by atoms with Crippen LogP contribution in [0.5, 0.6) is 0 Å². The molecule has 5 aromatic rings. The quantitative estimate of drug-likeness (QED) is 0.312. The molecule has 0 bridgehead atoms. The molecule has 0 spiro atoms. The predicted molar refractivity (Wildman–Crippen MR) is 139 cm³/mol. The summed E-state index contributed by atoms with van der Waals surface area (Å²) in [4.78, 5) is 17.4. The Hall–Kier alpha value is -3.68. The zero-order chi connectivity index (χ0) is 24.5. The van der Waals surface area contributed by atoms with E-state index in [4.69, 9.17) is 23.2 Å². The largest absolute Gasteiger partial charge is 0.308 e. The van der Waals surface area contributed by atoms with Crippen LogP contribution >= 0.6 is 23.2 Å². The summed E-state index contributed by atoms with van der Waals surface area (Å²) in [5.74, 6) is 0.235. The molecular formula is C26H22Cl2N6O. The highest BCUT2D eigenvalue weighted by Crippen LogP contribution is 2.29. The molecule has 0 radical (unpaired) electrons. The molecule has 1 amide bonds. The summed E-state index contributed by atoms with van der Waals surface area (Å²) in [5.41, 5.74) is 5.47. The van der Waals surface area contributed by atoms with Crippen LogP contribution in [0.25, 0.3) is 22.2 Å². The van der Waals surface area contributed by atoms with Gasteiger partial charge >= 0.3 is 0 Å². The molecule has 1 N–H and O–H groups in total. The van der Waals surface area contributed by atoms with E-state index in [2.05, 4.69) is 32.6 Å². The number of rotatable bonds is 6. The average Bonchev–Trinajstić information content (AvgIpc) is 3.35. The van der Waals surface area contributed by atoms with Crippen LogP contribution in [-0.2, 0) is 17.9 Å². The summed E-state index contributed by atoms with van der Waals surface area (Å²) in [7, 11) is 0. The van der Waals surface area contributed by atoms with Gasteiger partial charge in [-0.25, -0.2) is 9.67 Å². The molecule has 0 aliphatic carbocycles. The van der Waals surface area contributed by atoms with Crippen molar-refractivity contribution in [3.8, 4) is 11.1 Å². The van der Waals surface area contributed by atoms with Crippen molar-refractivity contribution in [1.82, 2.24) is 24.5 Å². The fourth-order valence-corrected chi connectivity index (χ4v) is 4.43. The highest BCUT2D eigenvalue weighted by molar-refractivity contribution is 6.42. The molecule has 7 nitrogen and oxygen atoms in total. The van der Waals surface area contributed by atoms with Gasteiger partial charge in [-0.2, -0.15) is 10.2 Å². The smallest absolute Gasteiger partial charge is 0.247 e. The molecule has 0 fully saturated rings. The SMILES string of the molecule is Cc1nn(CC(=O)Nc2cc(C)n(Cc3ccc(Cl)c(Cl)c3)n2)c2nccc(-c3ccccc3)c12. The molecule has 176 valence electrons. The van der Waals surface area contributed by atoms with Gasteiger partial charge in [-0.05, 0) is 48.7 Å². The van der Waals surface area contributed by atoms with Gasteiger partial charge in [0.15, 0.2) is 11.5 Å². The predicted octanol–water partition coefficient (Wildman–Crippen LogP) is 5.91. The number of aryl methyl sites for hydroxylation is 2.